The Morgan fingerprint density at radius 2 is 2.13 bits per heavy atom. The number of ether oxygens (including phenoxy) is 1. The molecule has 1 aromatic rings. The van der Waals surface area contributed by atoms with Gasteiger partial charge >= 0.3 is 0 Å². The highest BCUT2D eigenvalue weighted by Gasteiger charge is 2.04. The quantitative estimate of drug-likeness (QED) is 0.759. The second kappa shape index (κ2) is 7.21. The standard InChI is InChI=1S/C8H8.C5H11NO/c1-2-8-6-4-3-5-7-8;1-5-4-6-2-3-7-5/h2-7H,1H2;5-6H,2-4H2,1H3. The summed E-state index contributed by atoms with van der Waals surface area (Å²) in [5.41, 5.74) is 1.17. The van der Waals surface area contributed by atoms with Gasteiger partial charge in [-0.15, -0.1) is 0 Å². The number of rotatable bonds is 1. The Balaban J connectivity index is 0.000000151. The third kappa shape index (κ3) is 5.35. The average Bonchev–Trinajstić information content (AvgIpc) is 2.32. The molecule has 2 rings (SSSR count). The first-order valence-corrected chi connectivity index (χ1v) is 5.32. The van der Waals surface area contributed by atoms with E-state index < -0.39 is 0 Å². The minimum atomic E-state index is 0.425. The number of hydrogen-bond donors (Lipinski definition) is 1. The Labute approximate surface area is 92.0 Å². The van der Waals surface area contributed by atoms with Crippen LogP contribution in [0.4, 0.5) is 0 Å². The third-order valence-corrected chi connectivity index (χ3v) is 2.15. The highest BCUT2D eigenvalue weighted by Crippen LogP contribution is 1.97. The molecule has 0 aliphatic carbocycles. The van der Waals surface area contributed by atoms with E-state index in [2.05, 4.69) is 18.8 Å². The molecular formula is C13H19NO. The second-order valence-electron chi connectivity index (χ2n) is 3.50. The Morgan fingerprint density at radius 3 is 2.47 bits per heavy atom. The van der Waals surface area contributed by atoms with Crippen molar-refractivity contribution in [1.29, 1.82) is 0 Å². The van der Waals surface area contributed by atoms with Gasteiger partial charge in [0.15, 0.2) is 0 Å². The van der Waals surface area contributed by atoms with Crippen molar-refractivity contribution >= 4 is 6.08 Å². The molecule has 82 valence electrons. The lowest BCUT2D eigenvalue weighted by molar-refractivity contribution is 0.0410. The molecule has 15 heavy (non-hydrogen) atoms. The summed E-state index contributed by atoms with van der Waals surface area (Å²) >= 11 is 0. The second-order valence-corrected chi connectivity index (χ2v) is 3.50. The van der Waals surface area contributed by atoms with Crippen LogP contribution in [0.1, 0.15) is 12.5 Å². The third-order valence-electron chi connectivity index (χ3n) is 2.15. The number of nitrogens with one attached hydrogen (secondary N) is 1. The SMILES string of the molecule is C=Cc1ccccc1.CC1CNCCO1. The highest BCUT2D eigenvalue weighted by molar-refractivity contribution is 5.45. The van der Waals surface area contributed by atoms with E-state index in [1.165, 1.54) is 5.56 Å². The predicted molar refractivity (Wildman–Crippen MR) is 64.8 cm³/mol. The fourth-order valence-corrected chi connectivity index (χ4v) is 1.29. The lowest BCUT2D eigenvalue weighted by Gasteiger charge is -2.18. The van der Waals surface area contributed by atoms with Crippen LogP contribution in [0, 0.1) is 0 Å². The molecular weight excluding hydrogens is 186 g/mol. The highest BCUT2D eigenvalue weighted by atomic mass is 16.5. The minimum Gasteiger partial charge on any atom is -0.376 e. The van der Waals surface area contributed by atoms with Gasteiger partial charge in [-0.3, -0.25) is 0 Å². The maximum atomic E-state index is 5.22. The smallest absolute Gasteiger partial charge is 0.0672 e. The van der Waals surface area contributed by atoms with Crippen molar-refractivity contribution < 1.29 is 4.74 Å². The van der Waals surface area contributed by atoms with Gasteiger partial charge in [0, 0.05) is 13.1 Å². The summed E-state index contributed by atoms with van der Waals surface area (Å²) in [7, 11) is 0. The molecule has 0 radical (unpaired) electrons. The minimum absolute atomic E-state index is 0.425. The molecule has 0 aromatic heterocycles. The van der Waals surface area contributed by atoms with Crippen LogP contribution in [0.25, 0.3) is 6.08 Å². The van der Waals surface area contributed by atoms with Crippen LogP contribution in [0.15, 0.2) is 36.9 Å². The Kier molecular flexibility index (Phi) is 5.74. The molecule has 1 aliphatic rings. The zero-order chi connectivity index (χ0) is 10.9. The summed E-state index contributed by atoms with van der Waals surface area (Å²) in [6.07, 6.45) is 2.26. The molecule has 1 N–H and O–H groups in total. The summed E-state index contributed by atoms with van der Waals surface area (Å²) in [6.45, 7) is 8.61. The molecule has 0 bridgehead atoms. The summed E-state index contributed by atoms with van der Waals surface area (Å²) < 4.78 is 5.22. The van der Waals surface area contributed by atoms with Crippen molar-refractivity contribution in [1.82, 2.24) is 5.32 Å². The van der Waals surface area contributed by atoms with Crippen molar-refractivity contribution in [3.63, 3.8) is 0 Å². The molecule has 2 heteroatoms. The fraction of sp³-hybridized carbons (Fsp3) is 0.385. The van der Waals surface area contributed by atoms with Crippen molar-refractivity contribution in [2.24, 2.45) is 0 Å². The molecule has 0 spiro atoms. The van der Waals surface area contributed by atoms with E-state index >= 15 is 0 Å². The van der Waals surface area contributed by atoms with Gasteiger partial charge in [0.2, 0.25) is 0 Å². The Morgan fingerprint density at radius 1 is 1.40 bits per heavy atom. The van der Waals surface area contributed by atoms with Crippen molar-refractivity contribution in [3.8, 4) is 0 Å². The Hall–Kier alpha value is -1.12. The van der Waals surface area contributed by atoms with Crippen LogP contribution in [0.3, 0.4) is 0 Å². The first kappa shape index (κ1) is 12.0. The molecule has 1 atom stereocenters. The monoisotopic (exact) mass is 205 g/mol. The molecule has 1 fully saturated rings. The van der Waals surface area contributed by atoms with Crippen LogP contribution in [0.5, 0.6) is 0 Å². The van der Waals surface area contributed by atoms with E-state index in [4.69, 9.17) is 4.74 Å². The molecule has 0 amide bonds. The van der Waals surface area contributed by atoms with Crippen LogP contribution < -0.4 is 5.32 Å². The van der Waals surface area contributed by atoms with E-state index in [0.29, 0.717) is 6.10 Å². The van der Waals surface area contributed by atoms with E-state index in [9.17, 15) is 0 Å². The van der Waals surface area contributed by atoms with Gasteiger partial charge in [-0.1, -0.05) is 43.0 Å². The van der Waals surface area contributed by atoms with Gasteiger partial charge in [-0.2, -0.15) is 0 Å². The van der Waals surface area contributed by atoms with Gasteiger partial charge in [0.05, 0.1) is 12.7 Å². The lowest BCUT2D eigenvalue weighted by atomic mass is 10.2. The lowest BCUT2D eigenvalue weighted by Crippen LogP contribution is -2.36. The first-order chi connectivity index (χ1) is 7.33. The van der Waals surface area contributed by atoms with Gasteiger partial charge in [-0.25, -0.2) is 0 Å². The molecule has 1 aromatic carbocycles. The van der Waals surface area contributed by atoms with Crippen molar-refractivity contribution in [3.05, 3.63) is 42.5 Å². The number of benzene rings is 1. The van der Waals surface area contributed by atoms with Crippen LogP contribution in [-0.2, 0) is 4.74 Å². The summed E-state index contributed by atoms with van der Waals surface area (Å²) in [5, 5.41) is 3.21. The van der Waals surface area contributed by atoms with E-state index in [1.54, 1.807) is 0 Å². The molecule has 1 saturated heterocycles. The largest absolute Gasteiger partial charge is 0.376 e. The molecule has 1 unspecified atom stereocenters. The summed E-state index contributed by atoms with van der Waals surface area (Å²) in [5.74, 6) is 0. The topological polar surface area (TPSA) is 21.3 Å². The zero-order valence-corrected chi connectivity index (χ0v) is 9.28. The number of morpholine rings is 1. The molecule has 2 nitrogen and oxygen atoms in total. The van der Waals surface area contributed by atoms with Crippen LogP contribution in [-0.4, -0.2) is 25.8 Å². The maximum absolute atomic E-state index is 5.22. The van der Waals surface area contributed by atoms with Gasteiger partial charge in [-0.05, 0) is 12.5 Å². The normalized spacial score (nSPS) is 19.9. The molecule has 1 heterocycles. The average molecular weight is 205 g/mol. The Bertz CT molecular complexity index is 265. The van der Waals surface area contributed by atoms with Gasteiger partial charge < -0.3 is 10.1 Å². The van der Waals surface area contributed by atoms with Crippen molar-refractivity contribution in [2.75, 3.05) is 19.7 Å². The molecule has 0 saturated carbocycles. The van der Waals surface area contributed by atoms with Gasteiger partial charge in [0.25, 0.3) is 0 Å². The van der Waals surface area contributed by atoms with Crippen LogP contribution in [0.2, 0.25) is 0 Å². The van der Waals surface area contributed by atoms with Crippen molar-refractivity contribution in [2.45, 2.75) is 13.0 Å². The predicted octanol–water partition coefficient (Wildman–Crippen LogP) is 2.32. The molecule has 1 aliphatic heterocycles. The van der Waals surface area contributed by atoms with Crippen LogP contribution >= 0.6 is 0 Å². The van der Waals surface area contributed by atoms with E-state index in [0.717, 1.165) is 19.7 Å². The number of hydrogen-bond acceptors (Lipinski definition) is 2. The van der Waals surface area contributed by atoms with E-state index in [-0.39, 0.29) is 0 Å². The van der Waals surface area contributed by atoms with E-state index in [1.807, 2.05) is 36.4 Å². The first-order valence-electron chi connectivity index (χ1n) is 5.32. The fourth-order valence-electron chi connectivity index (χ4n) is 1.29. The summed E-state index contributed by atoms with van der Waals surface area (Å²) in [4.78, 5) is 0. The summed E-state index contributed by atoms with van der Waals surface area (Å²) in [6, 6.07) is 10.0. The maximum Gasteiger partial charge on any atom is 0.0672 e. The van der Waals surface area contributed by atoms with Gasteiger partial charge in [0.1, 0.15) is 0 Å². The zero-order valence-electron chi connectivity index (χ0n) is 9.28.